The first-order chi connectivity index (χ1) is 11.4. The Bertz CT molecular complexity index is 671. The minimum Gasteiger partial charge on any atom is -0.471 e. The van der Waals surface area contributed by atoms with Crippen molar-refractivity contribution >= 4 is 6.03 Å². The van der Waals surface area contributed by atoms with Crippen LogP contribution in [0.3, 0.4) is 0 Å². The Morgan fingerprint density at radius 3 is 2.46 bits per heavy atom. The summed E-state index contributed by atoms with van der Waals surface area (Å²) < 4.78 is 18.7. The van der Waals surface area contributed by atoms with Gasteiger partial charge in [-0.1, -0.05) is 38.1 Å². The van der Waals surface area contributed by atoms with Crippen LogP contribution in [0, 0.1) is 5.82 Å². The number of benzene rings is 2. The molecule has 2 aromatic carbocycles. The topological polar surface area (TPSA) is 50.4 Å². The van der Waals surface area contributed by atoms with Gasteiger partial charge in [0.2, 0.25) is 0 Å². The highest BCUT2D eigenvalue weighted by atomic mass is 19.1. The molecule has 0 saturated heterocycles. The third-order valence-electron chi connectivity index (χ3n) is 3.54. The Balaban J connectivity index is 1.78. The molecule has 2 aromatic rings. The van der Waals surface area contributed by atoms with E-state index in [-0.39, 0.29) is 18.4 Å². The number of hydrogen-bond donors (Lipinski definition) is 2. The lowest BCUT2D eigenvalue weighted by Gasteiger charge is -2.17. The van der Waals surface area contributed by atoms with E-state index in [1.165, 1.54) is 17.7 Å². The van der Waals surface area contributed by atoms with Crippen LogP contribution in [0.4, 0.5) is 9.18 Å². The van der Waals surface area contributed by atoms with E-state index in [9.17, 15) is 9.18 Å². The highest BCUT2D eigenvalue weighted by molar-refractivity contribution is 5.74. The fourth-order valence-electron chi connectivity index (χ4n) is 2.23. The predicted octanol–water partition coefficient (Wildman–Crippen LogP) is 4.17. The average Bonchev–Trinajstić information content (AvgIpc) is 2.53. The van der Waals surface area contributed by atoms with E-state index >= 15 is 0 Å². The molecule has 4 nitrogen and oxygen atoms in total. The number of nitrogens with one attached hydrogen (secondary N) is 2. The molecule has 1 atom stereocenters. The highest BCUT2D eigenvalue weighted by Crippen LogP contribution is 2.19. The van der Waals surface area contributed by atoms with Crippen molar-refractivity contribution < 1.29 is 13.9 Å². The van der Waals surface area contributed by atoms with Crippen molar-refractivity contribution in [1.29, 1.82) is 0 Å². The van der Waals surface area contributed by atoms with Gasteiger partial charge in [-0.05, 0) is 48.2 Å². The normalized spacial score (nSPS) is 11.9. The maximum atomic E-state index is 13.1. The molecule has 1 unspecified atom stereocenters. The zero-order chi connectivity index (χ0) is 17.5. The van der Waals surface area contributed by atoms with Crippen molar-refractivity contribution in [3.8, 4) is 5.75 Å². The zero-order valence-corrected chi connectivity index (χ0v) is 14.2. The number of rotatable bonds is 6. The first kappa shape index (κ1) is 17.8. The Hall–Kier alpha value is -2.56. The summed E-state index contributed by atoms with van der Waals surface area (Å²) in [7, 11) is 0. The van der Waals surface area contributed by atoms with E-state index < -0.39 is 6.23 Å². The fraction of sp³-hybridized carbons (Fsp3) is 0.316. The molecule has 0 saturated carbocycles. The lowest BCUT2D eigenvalue weighted by molar-refractivity contribution is 0.177. The van der Waals surface area contributed by atoms with E-state index in [0.717, 1.165) is 0 Å². The molecule has 5 heteroatoms. The quantitative estimate of drug-likeness (QED) is 0.781. The van der Waals surface area contributed by atoms with E-state index in [1.807, 2.05) is 24.3 Å². The van der Waals surface area contributed by atoms with E-state index in [2.05, 4.69) is 24.5 Å². The molecule has 0 aliphatic carbocycles. The van der Waals surface area contributed by atoms with E-state index in [1.54, 1.807) is 19.1 Å². The SMILES string of the molecule is CC(NC(=O)NCc1cccc(F)c1)Oc1ccc(C(C)C)cc1. The van der Waals surface area contributed by atoms with Crippen LogP contribution >= 0.6 is 0 Å². The molecule has 0 aliphatic heterocycles. The Morgan fingerprint density at radius 2 is 1.83 bits per heavy atom. The van der Waals surface area contributed by atoms with Gasteiger partial charge >= 0.3 is 6.03 Å². The van der Waals surface area contributed by atoms with Crippen molar-refractivity contribution in [3.05, 3.63) is 65.5 Å². The lowest BCUT2D eigenvalue weighted by atomic mass is 10.0. The van der Waals surface area contributed by atoms with Gasteiger partial charge in [0.05, 0.1) is 0 Å². The number of amides is 2. The summed E-state index contributed by atoms with van der Waals surface area (Å²) in [6, 6.07) is 13.5. The minimum absolute atomic E-state index is 0.249. The van der Waals surface area contributed by atoms with Gasteiger partial charge in [-0.15, -0.1) is 0 Å². The summed E-state index contributed by atoms with van der Waals surface area (Å²) in [4.78, 5) is 11.8. The zero-order valence-electron chi connectivity index (χ0n) is 14.2. The molecular weight excluding hydrogens is 307 g/mol. The van der Waals surface area contributed by atoms with Gasteiger partial charge in [0.1, 0.15) is 11.6 Å². The second-order valence-corrected chi connectivity index (χ2v) is 5.94. The first-order valence-corrected chi connectivity index (χ1v) is 7.99. The van der Waals surface area contributed by atoms with Crippen molar-refractivity contribution in [3.63, 3.8) is 0 Å². The predicted molar refractivity (Wildman–Crippen MR) is 92.4 cm³/mol. The smallest absolute Gasteiger partial charge is 0.317 e. The molecule has 24 heavy (non-hydrogen) atoms. The molecular formula is C19H23FN2O2. The number of carbonyl (C=O) groups excluding carboxylic acids is 1. The van der Waals surface area contributed by atoms with Crippen LogP contribution in [0.1, 0.15) is 37.8 Å². The largest absolute Gasteiger partial charge is 0.471 e. The summed E-state index contributed by atoms with van der Waals surface area (Å²) in [5, 5.41) is 5.35. The van der Waals surface area contributed by atoms with Crippen LogP contribution in [-0.2, 0) is 6.54 Å². The van der Waals surface area contributed by atoms with E-state index in [0.29, 0.717) is 17.2 Å². The minimum atomic E-state index is -0.484. The molecule has 2 amide bonds. The number of ether oxygens (including phenoxy) is 1. The van der Waals surface area contributed by atoms with Gasteiger partial charge in [-0.3, -0.25) is 0 Å². The molecule has 0 spiro atoms. The molecule has 0 radical (unpaired) electrons. The molecule has 0 aliphatic rings. The van der Waals surface area contributed by atoms with Crippen molar-refractivity contribution in [1.82, 2.24) is 10.6 Å². The van der Waals surface area contributed by atoms with Crippen molar-refractivity contribution in [2.24, 2.45) is 0 Å². The maximum absolute atomic E-state index is 13.1. The van der Waals surface area contributed by atoms with Crippen LogP contribution in [-0.4, -0.2) is 12.3 Å². The Morgan fingerprint density at radius 1 is 1.12 bits per heavy atom. The molecule has 0 bridgehead atoms. The summed E-state index contributed by atoms with van der Waals surface area (Å²) in [5.74, 6) is 0.830. The average molecular weight is 330 g/mol. The second-order valence-electron chi connectivity index (χ2n) is 5.94. The van der Waals surface area contributed by atoms with Crippen LogP contribution < -0.4 is 15.4 Å². The lowest BCUT2D eigenvalue weighted by Crippen LogP contribution is -2.43. The highest BCUT2D eigenvalue weighted by Gasteiger charge is 2.09. The van der Waals surface area contributed by atoms with Crippen LogP contribution in [0.15, 0.2) is 48.5 Å². The monoisotopic (exact) mass is 330 g/mol. The van der Waals surface area contributed by atoms with Gasteiger partial charge in [0.15, 0.2) is 6.23 Å². The van der Waals surface area contributed by atoms with Crippen LogP contribution in [0.25, 0.3) is 0 Å². The number of hydrogen-bond acceptors (Lipinski definition) is 2. The van der Waals surface area contributed by atoms with Gasteiger partial charge < -0.3 is 15.4 Å². The van der Waals surface area contributed by atoms with Gasteiger partial charge in [0.25, 0.3) is 0 Å². The summed E-state index contributed by atoms with van der Waals surface area (Å²) >= 11 is 0. The van der Waals surface area contributed by atoms with Crippen molar-refractivity contribution in [2.75, 3.05) is 0 Å². The summed E-state index contributed by atoms with van der Waals surface area (Å²) in [5.41, 5.74) is 1.93. The molecule has 0 heterocycles. The van der Waals surface area contributed by atoms with Gasteiger partial charge in [-0.2, -0.15) is 0 Å². The first-order valence-electron chi connectivity index (χ1n) is 7.99. The maximum Gasteiger partial charge on any atom is 0.317 e. The number of halogens is 1. The number of urea groups is 1. The third-order valence-corrected chi connectivity index (χ3v) is 3.54. The standard InChI is InChI=1S/C19H23FN2O2/c1-13(2)16-7-9-18(10-8-16)24-14(3)22-19(23)21-12-15-5-4-6-17(20)11-15/h4-11,13-14H,12H2,1-3H3,(H2,21,22,23). The fourth-order valence-corrected chi connectivity index (χ4v) is 2.23. The Labute approximate surface area is 142 Å². The molecule has 0 fully saturated rings. The molecule has 0 aromatic heterocycles. The number of carbonyl (C=O) groups is 1. The van der Waals surface area contributed by atoms with E-state index in [4.69, 9.17) is 4.74 Å². The summed E-state index contributed by atoms with van der Waals surface area (Å²) in [6.45, 7) is 6.25. The third kappa shape index (κ3) is 5.57. The van der Waals surface area contributed by atoms with Crippen molar-refractivity contribution in [2.45, 2.75) is 39.5 Å². The molecule has 2 rings (SSSR count). The van der Waals surface area contributed by atoms with Gasteiger partial charge in [0, 0.05) is 6.54 Å². The van der Waals surface area contributed by atoms with Gasteiger partial charge in [-0.25, -0.2) is 9.18 Å². The molecule has 128 valence electrons. The summed E-state index contributed by atoms with van der Waals surface area (Å²) in [6.07, 6.45) is -0.484. The Kier molecular flexibility index (Phi) is 6.18. The molecule has 2 N–H and O–H groups in total. The van der Waals surface area contributed by atoms with Crippen LogP contribution in [0.2, 0.25) is 0 Å². The van der Waals surface area contributed by atoms with Crippen LogP contribution in [0.5, 0.6) is 5.75 Å². The second kappa shape index (κ2) is 8.34.